The number of carbonyl (C=O) groups is 2. The minimum absolute atomic E-state index is 0.0587. The zero-order valence-corrected chi connectivity index (χ0v) is 27.9. The zero-order chi connectivity index (χ0) is 35.3. The number of hydrogen-bond donors (Lipinski definition) is 4. The molecule has 2 fully saturated rings. The van der Waals surface area contributed by atoms with Gasteiger partial charge in [0.25, 0.3) is 5.91 Å². The number of carboxylic acids is 1. The van der Waals surface area contributed by atoms with Crippen molar-refractivity contribution in [1.29, 1.82) is 0 Å². The van der Waals surface area contributed by atoms with E-state index in [1.807, 2.05) is 48.5 Å². The third kappa shape index (κ3) is 5.61. The molecule has 1 aliphatic carbocycles. The van der Waals surface area contributed by atoms with Crippen molar-refractivity contribution in [1.82, 2.24) is 24.5 Å². The number of carboxylic acid groups (broad SMARTS) is 1. The average molecular weight is 694 g/mol. The molecule has 0 spiro atoms. The van der Waals surface area contributed by atoms with Gasteiger partial charge in [-0.2, -0.15) is 9.97 Å². The fourth-order valence-electron chi connectivity index (χ4n) is 6.75. The number of carbonyl (C=O) groups excluding carboxylic acids is 1. The Kier molecular flexibility index (Phi) is 7.53. The van der Waals surface area contributed by atoms with Crippen LogP contribution in [0.3, 0.4) is 0 Å². The Labute approximate surface area is 296 Å². The van der Waals surface area contributed by atoms with Crippen molar-refractivity contribution >= 4 is 51.3 Å². The number of H-pyrrole nitrogens is 1. The summed E-state index contributed by atoms with van der Waals surface area (Å²) in [6.45, 7) is 4.12. The summed E-state index contributed by atoms with van der Waals surface area (Å²) in [6, 6.07) is 24.0. The normalized spacial score (nSPS) is 14.0. The maximum Gasteiger partial charge on any atom is 0.336 e. The number of amides is 1. The molecule has 0 bridgehead atoms. The molecule has 258 valence electrons. The zero-order valence-electron chi connectivity index (χ0n) is 27.9. The van der Waals surface area contributed by atoms with E-state index < -0.39 is 5.97 Å². The van der Waals surface area contributed by atoms with Gasteiger partial charge in [0.15, 0.2) is 5.65 Å². The van der Waals surface area contributed by atoms with Crippen LogP contribution in [0.5, 0.6) is 5.88 Å². The third-order valence-corrected chi connectivity index (χ3v) is 9.77. The van der Waals surface area contributed by atoms with E-state index >= 15 is 0 Å². The number of nitrogens with one attached hydrogen (secondary N) is 2. The number of nitrogens with zero attached hydrogens (tertiary/aromatic N) is 5. The Morgan fingerprint density at radius 3 is 2.56 bits per heavy atom. The number of hydrogen-bond acceptors (Lipinski definition) is 9. The monoisotopic (exact) mass is 693 g/mol. The van der Waals surface area contributed by atoms with E-state index in [9.17, 15) is 14.7 Å². The summed E-state index contributed by atoms with van der Waals surface area (Å²) in [7, 11) is 0. The number of aromatic amines is 1. The van der Waals surface area contributed by atoms with Gasteiger partial charge in [-0.1, -0.05) is 12.1 Å². The van der Waals surface area contributed by atoms with Crippen LogP contribution in [0, 0.1) is 0 Å². The van der Waals surface area contributed by atoms with E-state index in [0.29, 0.717) is 50.8 Å². The summed E-state index contributed by atoms with van der Waals surface area (Å²) >= 11 is 0. The Morgan fingerprint density at radius 2 is 1.81 bits per heavy atom. The summed E-state index contributed by atoms with van der Waals surface area (Å²) in [5, 5.41) is 15.2. The maximum atomic E-state index is 13.7. The smallest absolute Gasteiger partial charge is 0.336 e. The number of nitrogens with two attached hydrogens (primary N) is 1. The lowest BCUT2D eigenvalue weighted by Gasteiger charge is -2.33. The van der Waals surface area contributed by atoms with Crippen molar-refractivity contribution in [3.8, 4) is 28.3 Å². The van der Waals surface area contributed by atoms with Crippen LogP contribution < -0.4 is 30.6 Å². The second-order valence-corrected chi connectivity index (χ2v) is 13.0. The molecule has 5 heterocycles. The highest BCUT2D eigenvalue weighted by Gasteiger charge is 2.26. The molecule has 3 aliphatic heterocycles. The van der Waals surface area contributed by atoms with Gasteiger partial charge in [-0.15, -0.1) is 0 Å². The Bertz CT molecular complexity index is 2580. The van der Waals surface area contributed by atoms with Crippen LogP contribution >= 0.6 is 0 Å². The van der Waals surface area contributed by atoms with Crippen LogP contribution in [0.2, 0.25) is 0 Å². The predicted molar refractivity (Wildman–Crippen MR) is 197 cm³/mol. The molecule has 9 rings (SSSR count). The van der Waals surface area contributed by atoms with E-state index in [-0.39, 0.29) is 24.0 Å². The fraction of sp³-hybridized carbons (Fsp3) is 0.179. The summed E-state index contributed by atoms with van der Waals surface area (Å²) in [6.07, 6.45) is 3.78. The van der Waals surface area contributed by atoms with Gasteiger partial charge in [0.2, 0.25) is 17.2 Å². The maximum absolute atomic E-state index is 13.7. The van der Waals surface area contributed by atoms with Crippen LogP contribution in [0.1, 0.15) is 39.1 Å². The van der Waals surface area contributed by atoms with Gasteiger partial charge < -0.3 is 35.2 Å². The number of aromatic carboxylic acids is 1. The molecule has 5 N–H and O–H groups in total. The first-order valence-electron chi connectivity index (χ1n) is 17.1. The molecule has 5 aromatic rings. The molecular weight excluding hydrogens is 660 g/mol. The van der Waals surface area contributed by atoms with Crippen LogP contribution in [0.25, 0.3) is 44.6 Å². The van der Waals surface area contributed by atoms with Crippen molar-refractivity contribution < 1.29 is 23.8 Å². The minimum Gasteiger partial charge on any atom is -0.478 e. The fourth-order valence-corrected chi connectivity index (χ4v) is 6.75. The SMILES string of the molecule is Nc1nc(OCc2ccc(NC(=O)c3ccc(C(=O)O)c(-c4c5ccc(=[N+]6CCC6)cc-5oc5cc(N6CCC6)ccc45)c3)cc2)c2[nH]cnc2n1. The highest BCUT2D eigenvalue weighted by Crippen LogP contribution is 2.43. The van der Waals surface area contributed by atoms with Crippen molar-refractivity contribution in [2.24, 2.45) is 0 Å². The van der Waals surface area contributed by atoms with Crippen molar-refractivity contribution in [3.63, 3.8) is 0 Å². The lowest BCUT2D eigenvalue weighted by atomic mass is 9.89. The Hall–Kier alpha value is -6.76. The Morgan fingerprint density at radius 1 is 0.962 bits per heavy atom. The predicted octanol–water partition coefficient (Wildman–Crippen LogP) is 5.37. The Balaban J connectivity index is 1.04. The second-order valence-electron chi connectivity index (χ2n) is 13.0. The van der Waals surface area contributed by atoms with E-state index in [1.165, 1.54) is 18.5 Å². The van der Waals surface area contributed by atoms with Gasteiger partial charge in [0.05, 0.1) is 24.4 Å². The molecule has 13 nitrogen and oxygen atoms in total. The topological polar surface area (TPSA) is 176 Å². The van der Waals surface area contributed by atoms with Gasteiger partial charge in [-0.3, -0.25) is 4.79 Å². The number of imidazole rings is 1. The van der Waals surface area contributed by atoms with Gasteiger partial charge in [-0.25, -0.2) is 14.4 Å². The molecule has 2 aromatic heterocycles. The molecule has 52 heavy (non-hydrogen) atoms. The molecule has 3 aromatic carbocycles. The van der Waals surface area contributed by atoms with Crippen molar-refractivity contribution in [2.75, 3.05) is 42.1 Å². The van der Waals surface area contributed by atoms with Crippen LogP contribution in [-0.2, 0) is 6.61 Å². The highest BCUT2D eigenvalue weighted by atomic mass is 16.5. The van der Waals surface area contributed by atoms with E-state index in [4.69, 9.17) is 14.9 Å². The third-order valence-electron chi connectivity index (χ3n) is 9.77. The molecule has 13 heteroatoms. The van der Waals surface area contributed by atoms with Crippen LogP contribution in [0.4, 0.5) is 17.3 Å². The molecule has 0 saturated carbocycles. The first kappa shape index (κ1) is 31.2. The largest absolute Gasteiger partial charge is 0.478 e. The molecule has 0 radical (unpaired) electrons. The average Bonchev–Trinajstić information content (AvgIpc) is 3.57. The molecule has 0 unspecified atom stereocenters. The summed E-state index contributed by atoms with van der Waals surface area (Å²) in [5.41, 5.74) is 12.2. The van der Waals surface area contributed by atoms with Gasteiger partial charge in [0.1, 0.15) is 36.6 Å². The number of ether oxygens (including phenoxy) is 1. The molecule has 4 aliphatic rings. The quantitative estimate of drug-likeness (QED) is 0.120. The summed E-state index contributed by atoms with van der Waals surface area (Å²) in [4.78, 5) is 44.0. The number of nitrogen functional groups attached to an aromatic ring is 1. The van der Waals surface area contributed by atoms with E-state index in [0.717, 1.165) is 66.6 Å². The lowest BCUT2D eigenvalue weighted by molar-refractivity contribution is 0.0697. The summed E-state index contributed by atoms with van der Waals surface area (Å²) < 4.78 is 14.7. The highest BCUT2D eigenvalue weighted by molar-refractivity contribution is 6.11. The van der Waals surface area contributed by atoms with Gasteiger partial charge >= 0.3 is 5.97 Å². The standard InChI is InChI=1S/C39H32N8O5/c40-39-44-35-34(41-21-42-35)37(45-39)51-20-22-3-6-24(7-4-22)43-36(48)23-5-10-27(38(49)50)30(17-23)33-28-11-8-25(46-13-1-14-46)18-31(28)52-32-19-26(9-12-29(32)33)47-15-2-16-47/h3-12,17-19,21H,1-2,13-16,20H2,(H4-,40,41,42,43,44,45,48,49,50)/p+1. The first-order valence-corrected chi connectivity index (χ1v) is 17.1. The van der Waals surface area contributed by atoms with Crippen molar-refractivity contribution in [3.05, 3.63) is 107 Å². The summed E-state index contributed by atoms with van der Waals surface area (Å²) in [5.74, 6) is -0.467. The number of aromatic nitrogens is 4. The molecule has 2 saturated heterocycles. The lowest BCUT2D eigenvalue weighted by Crippen LogP contribution is -2.40. The van der Waals surface area contributed by atoms with E-state index in [2.05, 4.69) is 34.7 Å². The van der Waals surface area contributed by atoms with Crippen LogP contribution in [-0.4, -0.2) is 63.1 Å². The number of anilines is 3. The van der Waals surface area contributed by atoms with Crippen LogP contribution in [0.15, 0.2) is 89.6 Å². The molecule has 1 amide bonds. The first-order chi connectivity index (χ1) is 25.4. The van der Waals surface area contributed by atoms with Crippen molar-refractivity contribution in [2.45, 2.75) is 19.4 Å². The number of benzene rings is 4. The van der Waals surface area contributed by atoms with Gasteiger partial charge in [0, 0.05) is 58.7 Å². The minimum atomic E-state index is -1.09. The second kappa shape index (κ2) is 12.5. The molecule has 0 atom stereocenters. The number of rotatable bonds is 8. The number of fused-ring (bicyclic) bond motifs is 3. The van der Waals surface area contributed by atoms with Gasteiger partial charge in [-0.05, 0) is 66.1 Å². The molecular formula is C39H33N8O5+. The van der Waals surface area contributed by atoms with E-state index in [1.54, 1.807) is 18.2 Å².